The van der Waals surface area contributed by atoms with Crippen LogP contribution in [0.25, 0.3) is 0 Å². The number of hydrogen-bond acceptors (Lipinski definition) is 3. The van der Waals surface area contributed by atoms with Crippen molar-refractivity contribution >= 4 is 31.7 Å². The molecule has 82 valence electrons. The lowest BCUT2D eigenvalue weighted by Gasteiger charge is -2.35. The highest BCUT2D eigenvalue weighted by Gasteiger charge is 2.36. The van der Waals surface area contributed by atoms with Gasteiger partial charge in [-0.1, -0.05) is 42.1 Å². The second kappa shape index (κ2) is 4.11. The van der Waals surface area contributed by atoms with Gasteiger partial charge in [-0.3, -0.25) is 0 Å². The van der Waals surface area contributed by atoms with Gasteiger partial charge < -0.3 is 8.85 Å². The molecule has 1 fully saturated rings. The molecular weight excluding hydrogens is 243 g/mol. The van der Waals surface area contributed by atoms with Crippen LogP contribution in [0, 0.1) is 0 Å². The van der Waals surface area contributed by atoms with Crippen molar-refractivity contribution in [3.05, 3.63) is 30.3 Å². The highest BCUT2D eigenvalue weighted by Crippen LogP contribution is 2.48. The molecule has 1 aromatic carbocycles. The van der Waals surface area contributed by atoms with Crippen LogP contribution in [0.15, 0.2) is 30.3 Å². The largest absolute Gasteiger partial charge is 0.389 e. The summed E-state index contributed by atoms with van der Waals surface area (Å²) in [6, 6.07) is 8.63. The molecule has 0 amide bonds. The molecule has 0 N–H and O–H groups in total. The monoisotopic (exact) mass is 258 g/mol. The highest BCUT2D eigenvalue weighted by atomic mass is 32.4. The maximum absolute atomic E-state index is 5.80. The lowest BCUT2D eigenvalue weighted by molar-refractivity contribution is 0.214. The zero-order valence-corrected chi connectivity index (χ0v) is 11.7. The minimum Gasteiger partial charge on any atom is -0.389 e. The SMILES string of the molecule is C[Si]1(C)OCP(=S)(c2ccccc2)CO1. The van der Waals surface area contributed by atoms with Gasteiger partial charge in [0.25, 0.3) is 0 Å². The van der Waals surface area contributed by atoms with Gasteiger partial charge in [-0.25, -0.2) is 0 Å². The van der Waals surface area contributed by atoms with Crippen LogP contribution in [-0.4, -0.2) is 21.3 Å². The fourth-order valence-electron chi connectivity index (χ4n) is 1.45. The topological polar surface area (TPSA) is 18.5 Å². The van der Waals surface area contributed by atoms with Crippen molar-refractivity contribution < 1.29 is 8.85 Å². The minimum absolute atomic E-state index is 0.700. The predicted octanol–water partition coefficient (Wildman–Crippen LogP) is 2.46. The van der Waals surface area contributed by atoms with Crippen molar-refractivity contribution in [3.63, 3.8) is 0 Å². The third-order valence-corrected chi connectivity index (χ3v) is 8.23. The van der Waals surface area contributed by atoms with Crippen LogP contribution in [0.3, 0.4) is 0 Å². The first-order valence-corrected chi connectivity index (χ1v) is 10.9. The van der Waals surface area contributed by atoms with E-state index in [0.29, 0.717) is 12.7 Å². The highest BCUT2D eigenvalue weighted by molar-refractivity contribution is 8.18. The summed E-state index contributed by atoms with van der Waals surface area (Å²) >= 11 is 5.71. The zero-order chi connectivity index (χ0) is 10.9. The van der Waals surface area contributed by atoms with Gasteiger partial charge in [-0.2, -0.15) is 0 Å². The van der Waals surface area contributed by atoms with Crippen LogP contribution >= 0.6 is 6.04 Å². The molecule has 2 rings (SSSR count). The second-order valence-corrected chi connectivity index (χ2v) is 12.5. The zero-order valence-electron chi connectivity index (χ0n) is 8.97. The fourth-order valence-corrected chi connectivity index (χ4v) is 8.09. The van der Waals surface area contributed by atoms with E-state index in [-0.39, 0.29) is 0 Å². The van der Waals surface area contributed by atoms with E-state index in [2.05, 4.69) is 25.2 Å². The van der Waals surface area contributed by atoms with Crippen LogP contribution in [0.4, 0.5) is 0 Å². The van der Waals surface area contributed by atoms with Gasteiger partial charge in [-0.05, 0) is 18.4 Å². The van der Waals surface area contributed by atoms with E-state index in [4.69, 9.17) is 20.7 Å². The van der Waals surface area contributed by atoms with Gasteiger partial charge in [0, 0.05) is 6.04 Å². The average Bonchev–Trinajstić information content (AvgIpc) is 2.24. The molecule has 1 aromatic rings. The Morgan fingerprint density at radius 1 is 1.13 bits per heavy atom. The third kappa shape index (κ3) is 2.57. The van der Waals surface area contributed by atoms with Gasteiger partial charge in [0.05, 0.1) is 12.7 Å². The molecule has 1 heterocycles. The molecule has 0 aromatic heterocycles. The van der Waals surface area contributed by atoms with Crippen molar-refractivity contribution in [2.75, 3.05) is 12.7 Å². The Kier molecular flexibility index (Phi) is 3.15. The molecule has 0 spiro atoms. The van der Waals surface area contributed by atoms with E-state index in [1.807, 2.05) is 18.2 Å². The Labute approximate surface area is 96.9 Å². The molecule has 0 bridgehead atoms. The lowest BCUT2D eigenvalue weighted by atomic mass is 10.4. The predicted molar refractivity (Wildman–Crippen MR) is 69.7 cm³/mol. The Bertz CT molecular complexity index is 380. The molecule has 0 saturated carbocycles. The summed E-state index contributed by atoms with van der Waals surface area (Å²) < 4.78 is 11.6. The van der Waals surface area contributed by atoms with E-state index >= 15 is 0 Å². The first-order chi connectivity index (χ1) is 7.02. The summed E-state index contributed by atoms with van der Waals surface area (Å²) in [5.41, 5.74) is 0. The first kappa shape index (κ1) is 11.5. The second-order valence-electron chi connectivity index (χ2n) is 4.17. The quantitative estimate of drug-likeness (QED) is 0.569. The Hall–Kier alpha value is 0.00688. The molecule has 1 aliphatic rings. The summed E-state index contributed by atoms with van der Waals surface area (Å²) in [7, 11) is -1.85. The molecule has 0 radical (unpaired) electrons. The van der Waals surface area contributed by atoms with E-state index in [1.54, 1.807) is 0 Å². The van der Waals surface area contributed by atoms with E-state index in [9.17, 15) is 0 Å². The van der Waals surface area contributed by atoms with Crippen molar-refractivity contribution in [1.82, 2.24) is 0 Å². The molecule has 1 saturated heterocycles. The van der Waals surface area contributed by atoms with Crippen LogP contribution in [0.1, 0.15) is 0 Å². The Morgan fingerprint density at radius 2 is 1.67 bits per heavy atom. The summed E-state index contributed by atoms with van der Waals surface area (Å²) in [6.07, 6.45) is 1.40. The number of rotatable bonds is 1. The van der Waals surface area contributed by atoms with Crippen molar-refractivity contribution in [2.45, 2.75) is 13.1 Å². The molecule has 5 heteroatoms. The van der Waals surface area contributed by atoms with Crippen molar-refractivity contribution in [2.24, 2.45) is 0 Å². The van der Waals surface area contributed by atoms with Gasteiger partial charge >= 0.3 is 8.56 Å². The lowest BCUT2D eigenvalue weighted by Crippen LogP contribution is -2.41. The van der Waals surface area contributed by atoms with Crippen LogP contribution < -0.4 is 5.30 Å². The van der Waals surface area contributed by atoms with Gasteiger partial charge in [-0.15, -0.1) is 0 Å². The Balaban J connectivity index is 2.21. The van der Waals surface area contributed by atoms with E-state index in [1.165, 1.54) is 5.30 Å². The molecule has 2 nitrogen and oxygen atoms in total. The molecule has 0 aliphatic carbocycles. The van der Waals surface area contributed by atoms with Gasteiger partial charge in [0.15, 0.2) is 0 Å². The van der Waals surface area contributed by atoms with E-state index in [0.717, 1.165) is 0 Å². The fraction of sp³-hybridized carbons (Fsp3) is 0.400. The molecule has 15 heavy (non-hydrogen) atoms. The summed E-state index contributed by atoms with van der Waals surface area (Å²) in [5, 5.41) is 1.23. The maximum atomic E-state index is 5.80. The van der Waals surface area contributed by atoms with Crippen LogP contribution in [-0.2, 0) is 20.7 Å². The molecule has 0 unspecified atom stereocenters. The smallest absolute Gasteiger partial charge is 0.332 e. The molecular formula is C10H15O2PSSi. The van der Waals surface area contributed by atoms with Crippen LogP contribution in [0.2, 0.25) is 13.1 Å². The standard InChI is InChI=1S/C10H15O2PSSi/c1-15(2)11-8-13(14,9-12-15)10-6-4-3-5-7-10/h3-7H,8-9H2,1-2H3. The number of benzene rings is 1. The third-order valence-electron chi connectivity index (χ3n) is 2.47. The summed E-state index contributed by atoms with van der Waals surface area (Å²) in [6.45, 7) is 4.13. The minimum atomic E-state index is -1.85. The molecule has 1 aliphatic heterocycles. The maximum Gasteiger partial charge on any atom is 0.332 e. The van der Waals surface area contributed by atoms with Gasteiger partial charge in [0.2, 0.25) is 0 Å². The summed E-state index contributed by atoms with van der Waals surface area (Å²) in [4.78, 5) is 0. The first-order valence-electron chi connectivity index (χ1n) is 4.93. The normalized spacial score (nSPS) is 23.6. The number of hydrogen-bond donors (Lipinski definition) is 0. The van der Waals surface area contributed by atoms with E-state index < -0.39 is 14.6 Å². The molecule has 0 atom stereocenters. The Morgan fingerprint density at radius 3 is 2.20 bits per heavy atom. The van der Waals surface area contributed by atoms with Crippen molar-refractivity contribution in [1.29, 1.82) is 0 Å². The average molecular weight is 258 g/mol. The van der Waals surface area contributed by atoms with Crippen LogP contribution in [0.5, 0.6) is 0 Å². The van der Waals surface area contributed by atoms with Crippen molar-refractivity contribution in [3.8, 4) is 0 Å². The van der Waals surface area contributed by atoms with Gasteiger partial charge in [0.1, 0.15) is 0 Å². The summed E-state index contributed by atoms with van der Waals surface area (Å²) in [5.74, 6) is 0.